The van der Waals surface area contributed by atoms with Crippen LogP contribution in [0.4, 0.5) is 17.1 Å². The Morgan fingerprint density at radius 2 is 0.955 bits per heavy atom. The maximum atomic E-state index is 6.95. The van der Waals surface area contributed by atoms with Crippen molar-refractivity contribution in [2.45, 2.75) is 19.3 Å². The molecule has 13 rings (SSSR count). The lowest BCUT2D eigenvalue weighted by Crippen LogP contribution is -2.14. The molecule has 3 nitrogen and oxygen atoms in total. The van der Waals surface area contributed by atoms with Crippen molar-refractivity contribution in [1.29, 1.82) is 0 Å². The maximum Gasteiger partial charge on any atom is 0.145 e. The number of furan rings is 1. The number of aromatic nitrogens is 1. The predicted molar refractivity (Wildman–Crippen MR) is 277 cm³/mol. The lowest BCUT2D eigenvalue weighted by molar-refractivity contribution is 0.660. The second-order valence-corrected chi connectivity index (χ2v) is 18.0. The zero-order valence-electron chi connectivity index (χ0n) is 36.7. The molecule has 10 aromatic carbocycles. The van der Waals surface area contributed by atoms with E-state index in [0.29, 0.717) is 0 Å². The molecular formula is C63H44N2O. The number of benzene rings is 10. The Balaban J connectivity index is 0.967. The molecule has 2 heterocycles. The summed E-state index contributed by atoms with van der Waals surface area (Å²) in [4.78, 5) is 2.42. The minimum atomic E-state index is -0.0703. The Morgan fingerprint density at radius 3 is 1.71 bits per heavy atom. The molecule has 0 fully saturated rings. The van der Waals surface area contributed by atoms with Crippen molar-refractivity contribution < 1.29 is 4.42 Å². The van der Waals surface area contributed by atoms with Crippen LogP contribution >= 0.6 is 0 Å². The second-order valence-electron chi connectivity index (χ2n) is 18.0. The SMILES string of the molecule is CC1(C)c2ccccc2-c2ccc(-c3ccc(N(c4ccccc4-c4ccccc4)c4ccc(-c5ccc(-n6c7ccccc7c7ccccc76)cc5)c5oc6ccccc6c45)cc3)cc21. The van der Waals surface area contributed by atoms with Gasteiger partial charge in [-0.25, -0.2) is 0 Å². The zero-order chi connectivity index (χ0) is 43.9. The summed E-state index contributed by atoms with van der Waals surface area (Å²) in [5, 5.41) is 4.65. The number of para-hydroxylation sites is 4. The van der Waals surface area contributed by atoms with Gasteiger partial charge in [-0.3, -0.25) is 0 Å². The van der Waals surface area contributed by atoms with Gasteiger partial charge >= 0.3 is 0 Å². The largest absolute Gasteiger partial charge is 0.455 e. The summed E-state index contributed by atoms with van der Waals surface area (Å²) in [5.41, 5.74) is 20.6. The second kappa shape index (κ2) is 14.8. The first kappa shape index (κ1) is 38.1. The third-order valence-electron chi connectivity index (χ3n) is 14.0. The average Bonchev–Trinajstić information content (AvgIpc) is 4.01. The summed E-state index contributed by atoms with van der Waals surface area (Å²) < 4.78 is 9.32. The molecule has 2 aromatic heterocycles. The third kappa shape index (κ3) is 5.83. The van der Waals surface area contributed by atoms with E-state index in [1.54, 1.807) is 0 Å². The van der Waals surface area contributed by atoms with Crippen LogP contribution in [0.15, 0.2) is 235 Å². The predicted octanol–water partition coefficient (Wildman–Crippen LogP) is 17.5. The third-order valence-corrected chi connectivity index (χ3v) is 14.0. The van der Waals surface area contributed by atoms with Crippen molar-refractivity contribution in [3.63, 3.8) is 0 Å². The van der Waals surface area contributed by atoms with Gasteiger partial charge in [0, 0.05) is 44.1 Å². The number of fused-ring (bicyclic) bond motifs is 9. The Hall–Kier alpha value is -8.40. The van der Waals surface area contributed by atoms with Crippen LogP contribution in [0.1, 0.15) is 25.0 Å². The fourth-order valence-electron chi connectivity index (χ4n) is 10.8. The number of hydrogen-bond donors (Lipinski definition) is 0. The van der Waals surface area contributed by atoms with Gasteiger partial charge in [0.1, 0.15) is 11.2 Å². The van der Waals surface area contributed by atoms with Crippen molar-refractivity contribution in [2.24, 2.45) is 0 Å². The van der Waals surface area contributed by atoms with Crippen LogP contribution in [-0.4, -0.2) is 4.57 Å². The minimum absolute atomic E-state index is 0.0703. The van der Waals surface area contributed by atoms with Crippen molar-refractivity contribution in [1.82, 2.24) is 4.57 Å². The van der Waals surface area contributed by atoms with Gasteiger partial charge in [-0.1, -0.05) is 178 Å². The molecule has 0 unspecified atom stereocenters. The normalized spacial score (nSPS) is 12.8. The van der Waals surface area contributed by atoms with Crippen molar-refractivity contribution in [2.75, 3.05) is 4.90 Å². The maximum absolute atomic E-state index is 6.95. The van der Waals surface area contributed by atoms with Crippen LogP contribution in [-0.2, 0) is 5.41 Å². The lowest BCUT2D eigenvalue weighted by atomic mass is 9.81. The van der Waals surface area contributed by atoms with E-state index in [4.69, 9.17) is 4.42 Å². The fourth-order valence-corrected chi connectivity index (χ4v) is 10.8. The smallest absolute Gasteiger partial charge is 0.145 e. The molecule has 0 saturated carbocycles. The van der Waals surface area contributed by atoms with Crippen LogP contribution in [0.2, 0.25) is 0 Å². The van der Waals surface area contributed by atoms with Gasteiger partial charge < -0.3 is 13.9 Å². The van der Waals surface area contributed by atoms with Gasteiger partial charge in [0.25, 0.3) is 0 Å². The number of hydrogen-bond acceptors (Lipinski definition) is 2. The summed E-state index contributed by atoms with van der Waals surface area (Å²) >= 11 is 0. The van der Waals surface area contributed by atoms with Gasteiger partial charge in [-0.15, -0.1) is 0 Å². The first-order valence-electron chi connectivity index (χ1n) is 22.8. The summed E-state index contributed by atoms with van der Waals surface area (Å²) in [6.07, 6.45) is 0. The molecule has 12 aromatic rings. The highest BCUT2D eigenvalue weighted by atomic mass is 16.3. The van der Waals surface area contributed by atoms with Crippen LogP contribution in [0.3, 0.4) is 0 Å². The summed E-state index contributed by atoms with van der Waals surface area (Å²) in [7, 11) is 0. The molecule has 0 N–H and O–H groups in total. The molecule has 0 spiro atoms. The van der Waals surface area contributed by atoms with E-state index in [-0.39, 0.29) is 5.41 Å². The van der Waals surface area contributed by atoms with Gasteiger partial charge in [0.05, 0.1) is 27.8 Å². The van der Waals surface area contributed by atoms with Crippen LogP contribution in [0, 0.1) is 0 Å². The molecule has 312 valence electrons. The van der Waals surface area contributed by atoms with Gasteiger partial charge in [-0.2, -0.15) is 0 Å². The molecule has 1 aliphatic rings. The Kier molecular flexibility index (Phi) is 8.56. The first-order chi connectivity index (χ1) is 32.5. The molecule has 0 aliphatic heterocycles. The van der Waals surface area contributed by atoms with Crippen LogP contribution in [0.25, 0.3) is 93.9 Å². The topological polar surface area (TPSA) is 21.3 Å². The quantitative estimate of drug-likeness (QED) is 0.159. The van der Waals surface area contributed by atoms with Crippen LogP contribution < -0.4 is 4.90 Å². The van der Waals surface area contributed by atoms with E-state index in [0.717, 1.165) is 66.9 Å². The average molecular weight is 845 g/mol. The molecule has 66 heavy (non-hydrogen) atoms. The Bertz CT molecular complexity index is 3780. The zero-order valence-corrected chi connectivity index (χ0v) is 36.7. The van der Waals surface area contributed by atoms with E-state index >= 15 is 0 Å². The monoisotopic (exact) mass is 844 g/mol. The summed E-state index contributed by atoms with van der Waals surface area (Å²) in [6, 6.07) is 83.7. The van der Waals surface area contributed by atoms with Crippen molar-refractivity contribution in [3.8, 4) is 50.2 Å². The summed E-state index contributed by atoms with van der Waals surface area (Å²) in [6.45, 7) is 4.69. The van der Waals surface area contributed by atoms with E-state index in [2.05, 4.69) is 254 Å². The van der Waals surface area contributed by atoms with E-state index in [9.17, 15) is 0 Å². The van der Waals surface area contributed by atoms with Crippen molar-refractivity contribution >= 4 is 60.8 Å². The lowest BCUT2D eigenvalue weighted by Gasteiger charge is -2.29. The highest BCUT2D eigenvalue weighted by Crippen LogP contribution is 2.51. The summed E-state index contributed by atoms with van der Waals surface area (Å²) in [5.74, 6) is 0. The number of anilines is 3. The Morgan fingerprint density at radius 1 is 0.394 bits per heavy atom. The number of nitrogens with zero attached hydrogens (tertiary/aromatic N) is 2. The molecule has 0 saturated heterocycles. The highest BCUT2D eigenvalue weighted by Gasteiger charge is 2.35. The van der Waals surface area contributed by atoms with E-state index in [1.165, 1.54) is 55.2 Å². The molecule has 0 amide bonds. The molecule has 3 heteroatoms. The fraction of sp³-hybridized carbons (Fsp3) is 0.0476. The van der Waals surface area contributed by atoms with E-state index in [1.807, 2.05) is 0 Å². The van der Waals surface area contributed by atoms with Gasteiger partial charge in [0.15, 0.2) is 0 Å². The molecule has 1 aliphatic carbocycles. The first-order valence-corrected chi connectivity index (χ1v) is 22.8. The molecule has 0 atom stereocenters. The van der Waals surface area contributed by atoms with Gasteiger partial charge in [0.2, 0.25) is 0 Å². The molecule has 0 bridgehead atoms. The van der Waals surface area contributed by atoms with E-state index < -0.39 is 0 Å². The number of rotatable bonds is 7. The highest BCUT2D eigenvalue weighted by molar-refractivity contribution is 6.17. The van der Waals surface area contributed by atoms with Gasteiger partial charge in [-0.05, 0) is 111 Å². The van der Waals surface area contributed by atoms with Crippen LogP contribution in [0.5, 0.6) is 0 Å². The minimum Gasteiger partial charge on any atom is -0.455 e. The van der Waals surface area contributed by atoms with Crippen molar-refractivity contribution in [3.05, 3.63) is 242 Å². The Labute approximate surface area is 384 Å². The molecule has 0 radical (unpaired) electrons. The molecular weight excluding hydrogens is 801 g/mol. The standard InChI is InChI=1S/C63H44N2O/c1-63(2)54-23-11-6-19-49(54)50-37-32-44(40-55(50)63)41-28-33-46(34-29-41)65(56-24-12-7-18-47(56)42-16-4-3-5-17-42)59-39-38-48(62-61(59)53-22-10-15-27-60(53)66-62)43-30-35-45(36-31-43)64-57-25-13-8-20-51(57)52-21-9-14-26-58(52)64/h3-40H,1-2H3.